The molecule has 0 aliphatic carbocycles. The molecule has 0 N–H and O–H groups in total. The summed E-state index contributed by atoms with van der Waals surface area (Å²) < 4.78 is 5.30. The third kappa shape index (κ3) is 2.22. The smallest absolute Gasteiger partial charge is 0.159 e. The predicted octanol–water partition coefficient (Wildman–Crippen LogP) is 1.51. The van der Waals surface area contributed by atoms with Gasteiger partial charge in [0.15, 0.2) is 5.78 Å². The Kier molecular flexibility index (Phi) is 3.19. The normalized spacial score (nSPS) is 20.1. The lowest BCUT2D eigenvalue weighted by molar-refractivity contribution is 0.101. The van der Waals surface area contributed by atoms with Crippen molar-refractivity contribution in [3.8, 4) is 0 Å². The molecule has 0 amide bonds. The van der Waals surface area contributed by atoms with E-state index in [2.05, 4.69) is 9.88 Å². The van der Waals surface area contributed by atoms with Crippen LogP contribution in [0.15, 0.2) is 18.3 Å². The monoisotopic (exact) mass is 220 g/mol. The number of anilines is 1. The number of pyridine rings is 1. The first kappa shape index (κ1) is 11.1. The lowest BCUT2D eigenvalue weighted by Gasteiger charge is -2.17. The van der Waals surface area contributed by atoms with Crippen LogP contribution in [0.4, 0.5) is 5.82 Å². The summed E-state index contributed by atoms with van der Waals surface area (Å²) >= 11 is 0. The van der Waals surface area contributed by atoms with Crippen LogP contribution in [0.25, 0.3) is 0 Å². The number of ketones is 1. The van der Waals surface area contributed by atoms with Crippen LogP contribution in [-0.4, -0.2) is 37.1 Å². The third-order valence-electron chi connectivity index (χ3n) is 2.95. The molecule has 2 rings (SSSR count). The van der Waals surface area contributed by atoms with E-state index in [0.717, 1.165) is 25.3 Å². The van der Waals surface area contributed by atoms with Gasteiger partial charge in [0.25, 0.3) is 0 Å². The Hall–Kier alpha value is -1.42. The van der Waals surface area contributed by atoms with Gasteiger partial charge in [0.05, 0.1) is 6.10 Å². The Balaban J connectivity index is 2.15. The molecule has 0 saturated carbocycles. The number of hydrogen-bond donors (Lipinski definition) is 0. The van der Waals surface area contributed by atoms with Gasteiger partial charge in [-0.25, -0.2) is 4.98 Å². The molecule has 0 aromatic carbocycles. The van der Waals surface area contributed by atoms with E-state index in [9.17, 15) is 4.79 Å². The fourth-order valence-corrected chi connectivity index (χ4v) is 1.94. The molecule has 1 aromatic rings. The second kappa shape index (κ2) is 4.61. The number of Topliss-reactive ketones (excluding diaryl/α,β-unsaturated/α-hetero) is 1. The van der Waals surface area contributed by atoms with Crippen molar-refractivity contribution < 1.29 is 9.53 Å². The molecule has 1 fully saturated rings. The fraction of sp³-hybridized carbons (Fsp3) is 0.500. The van der Waals surface area contributed by atoms with Crippen molar-refractivity contribution in [1.82, 2.24) is 4.98 Å². The summed E-state index contributed by atoms with van der Waals surface area (Å²) in [5, 5.41) is 0. The Bertz CT molecular complexity index is 392. The van der Waals surface area contributed by atoms with Crippen LogP contribution in [0.2, 0.25) is 0 Å². The Morgan fingerprint density at radius 1 is 1.62 bits per heavy atom. The molecule has 1 saturated heterocycles. The summed E-state index contributed by atoms with van der Waals surface area (Å²) in [6.45, 7) is 3.36. The average molecular weight is 220 g/mol. The molecule has 2 heterocycles. The quantitative estimate of drug-likeness (QED) is 0.724. The van der Waals surface area contributed by atoms with Crippen molar-refractivity contribution in [1.29, 1.82) is 0 Å². The Labute approximate surface area is 95.2 Å². The number of nitrogens with zero attached hydrogens (tertiary/aromatic N) is 2. The number of hydrogen-bond acceptors (Lipinski definition) is 4. The molecule has 1 aliphatic heterocycles. The molecule has 0 bridgehead atoms. The maximum absolute atomic E-state index is 11.3. The van der Waals surface area contributed by atoms with E-state index in [1.165, 1.54) is 0 Å². The molecular weight excluding hydrogens is 204 g/mol. The van der Waals surface area contributed by atoms with Crippen LogP contribution in [-0.2, 0) is 4.74 Å². The molecule has 4 heteroatoms. The largest absolute Gasteiger partial charge is 0.380 e. The van der Waals surface area contributed by atoms with Gasteiger partial charge in [-0.2, -0.15) is 0 Å². The SMILES string of the molecule is COC1CCN(c2cc(C(C)=O)ccn2)C1. The number of rotatable bonds is 3. The zero-order valence-corrected chi connectivity index (χ0v) is 9.64. The molecule has 0 spiro atoms. The fourth-order valence-electron chi connectivity index (χ4n) is 1.94. The number of aromatic nitrogens is 1. The lowest BCUT2D eigenvalue weighted by atomic mass is 10.2. The van der Waals surface area contributed by atoms with Crippen LogP contribution >= 0.6 is 0 Å². The van der Waals surface area contributed by atoms with Gasteiger partial charge in [-0.05, 0) is 25.5 Å². The topological polar surface area (TPSA) is 42.4 Å². The summed E-state index contributed by atoms with van der Waals surface area (Å²) in [4.78, 5) is 17.7. The number of carbonyl (C=O) groups excluding carboxylic acids is 1. The molecule has 86 valence electrons. The lowest BCUT2D eigenvalue weighted by Crippen LogP contribution is -2.23. The van der Waals surface area contributed by atoms with Gasteiger partial charge in [-0.15, -0.1) is 0 Å². The van der Waals surface area contributed by atoms with Crippen LogP contribution < -0.4 is 4.90 Å². The van der Waals surface area contributed by atoms with E-state index >= 15 is 0 Å². The van der Waals surface area contributed by atoms with Crippen LogP contribution in [0.5, 0.6) is 0 Å². The van der Waals surface area contributed by atoms with E-state index in [1.807, 2.05) is 6.07 Å². The molecular formula is C12H16N2O2. The van der Waals surface area contributed by atoms with Crippen LogP contribution in [0, 0.1) is 0 Å². The first-order valence-electron chi connectivity index (χ1n) is 5.45. The molecule has 1 aliphatic rings. The van der Waals surface area contributed by atoms with E-state index in [4.69, 9.17) is 4.74 Å². The minimum absolute atomic E-state index is 0.0751. The maximum Gasteiger partial charge on any atom is 0.159 e. The average Bonchev–Trinajstić information content (AvgIpc) is 2.77. The summed E-state index contributed by atoms with van der Waals surface area (Å²) in [6.07, 6.45) is 2.98. The van der Waals surface area contributed by atoms with Crippen LogP contribution in [0.1, 0.15) is 23.7 Å². The van der Waals surface area contributed by atoms with Gasteiger partial charge in [-0.3, -0.25) is 4.79 Å². The standard InChI is InChI=1S/C12H16N2O2/c1-9(15)10-3-5-13-12(7-10)14-6-4-11(8-14)16-2/h3,5,7,11H,4,6,8H2,1-2H3. The minimum atomic E-state index is 0.0751. The van der Waals surface area contributed by atoms with Crippen molar-refractivity contribution in [2.45, 2.75) is 19.4 Å². The van der Waals surface area contributed by atoms with Gasteiger partial charge in [-0.1, -0.05) is 0 Å². The second-order valence-corrected chi connectivity index (χ2v) is 4.05. The Morgan fingerprint density at radius 3 is 3.06 bits per heavy atom. The summed E-state index contributed by atoms with van der Waals surface area (Å²) in [5.41, 5.74) is 0.714. The molecule has 4 nitrogen and oxygen atoms in total. The van der Waals surface area contributed by atoms with Crippen LogP contribution in [0.3, 0.4) is 0 Å². The van der Waals surface area contributed by atoms with E-state index < -0.39 is 0 Å². The first-order chi connectivity index (χ1) is 7.70. The second-order valence-electron chi connectivity index (χ2n) is 4.05. The van der Waals surface area contributed by atoms with Crippen molar-refractivity contribution in [3.05, 3.63) is 23.9 Å². The molecule has 1 atom stereocenters. The highest BCUT2D eigenvalue weighted by Gasteiger charge is 2.23. The predicted molar refractivity (Wildman–Crippen MR) is 61.9 cm³/mol. The molecule has 1 unspecified atom stereocenters. The maximum atomic E-state index is 11.3. The van der Waals surface area contributed by atoms with Crippen molar-refractivity contribution >= 4 is 11.6 Å². The van der Waals surface area contributed by atoms with Gasteiger partial charge in [0, 0.05) is 32.0 Å². The third-order valence-corrected chi connectivity index (χ3v) is 2.95. The van der Waals surface area contributed by atoms with E-state index in [0.29, 0.717) is 5.56 Å². The van der Waals surface area contributed by atoms with Gasteiger partial charge >= 0.3 is 0 Å². The van der Waals surface area contributed by atoms with E-state index in [1.54, 1.807) is 26.3 Å². The minimum Gasteiger partial charge on any atom is -0.380 e. The van der Waals surface area contributed by atoms with Crippen molar-refractivity contribution in [2.24, 2.45) is 0 Å². The van der Waals surface area contributed by atoms with Crippen molar-refractivity contribution in [2.75, 3.05) is 25.1 Å². The highest BCUT2D eigenvalue weighted by atomic mass is 16.5. The summed E-state index contributed by atoms with van der Waals surface area (Å²) in [5.74, 6) is 0.943. The van der Waals surface area contributed by atoms with Crippen molar-refractivity contribution in [3.63, 3.8) is 0 Å². The Morgan fingerprint density at radius 2 is 2.44 bits per heavy atom. The van der Waals surface area contributed by atoms with E-state index in [-0.39, 0.29) is 11.9 Å². The van der Waals surface area contributed by atoms with Gasteiger partial charge in [0.1, 0.15) is 5.82 Å². The zero-order valence-electron chi connectivity index (χ0n) is 9.64. The number of methoxy groups -OCH3 is 1. The number of ether oxygens (including phenoxy) is 1. The highest BCUT2D eigenvalue weighted by Crippen LogP contribution is 2.20. The molecule has 1 aromatic heterocycles. The summed E-state index contributed by atoms with van der Waals surface area (Å²) in [6, 6.07) is 3.59. The zero-order chi connectivity index (χ0) is 11.5. The number of carbonyl (C=O) groups is 1. The summed E-state index contributed by atoms with van der Waals surface area (Å²) in [7, 11) is 1.73. The van der Waals surface area contributed by atoms with Gasteiger partial charge < -0.3 is 9.64 Å². The van der Waals surface area contributed by atoms with Gasteiger partial charge in [0.2, 0.25) is 0 Å². The first-order valence-corrected chi connectivity index (χ1v) is 5.45. The molecule has 0 radical (unpaired) electrons. The highest BCUT2D eigenvalue weighted by molar-refractivity contribution is 5.94. The molecule has 16 heavy (non-hydrogen) atoms.